The minimum absolute atomic E-state index is 0.0150. The predicted octanol–water partition coefficient (Wildman–Crippen LogP) is 1.36. The van der Waals surface area contributed by atoms with Crippen molar-refractivity contribution >= 4 is 5.97 Å². The number of ether oxygens (including phenoxy) is 4. The van der Waals surface area contributed by atoms with E-state index in [1.165, 1.54) is 7.11 Å². The molecule has 1 fully saturated rings. The lowest BCUT2D eigenvalue weighted by molar-refractivity contribution is -0.149. The Balaban J connectivity index is 2.20. The smallest absolute Gasteiger partial charge is 0.329 e. The first-order valence-electron chi connectivity index (χ1n) is 6.78. The molecule has 0 bridgehead atoms. The molecule has 1 unspecified atom stereocenters. The average Bonchev–Trinajstić information content (AvgIpc) is 3.36. The van der Waals surface area contributed by atoms with Crippen LogP contribution in [-0.2, 0) is 9.53 Å². The van der Waals surface area contributed by atoms with Crippen molar-refractivity contribution in [3.8, 4) is 17.2 Å². The van der Waals surface area contributed by atoms with Gasteiger partial charge in [0.2, 0.25) is 5.75 Å². The summed E-state index contributed by atoms with van der Waals surface area (Å²) >= 11 is 0. The molecule has 0 aromatic heterocycles. The summed E-state index contributed by atoms with van der Waals surface area (Å²) in [5, 5.41) is 0. The molecule has 0 aliphatic heterocycles. The van der Waals surface area contributed by atoms with Gasteiger partial charge in [0.1, 0.15) is 6.61 Å². The molecule has 0 spiro atoms. The Kier molecular flexibility index (Phi) is 4.57. The van der Waals surface area contributed by atoms with Gasteiger partial charge in [-0.05, 0) is 30.9 Å². The first kappa shape index (κ1) is 15.4. The van der Waals surface area contributed by atoms with Gasteiger partial charge in [0, 0.05) is 0 Å². The van der Waals surface area contributed by atoms with Crippen LogP contribution >= 0.6 is 0 Å². The van der Waals surface area contributed by atoms with Crippen LogP contribution in [0.25, 0.3) is 0 Å². The van der Waals surface area contributed by atoms with E-state index in [0.717, 1.165) is 12.8 Å². The zero-order chi connectivity index (χ0) is 15.5. The Morgan fingerprint density at radius 2 is 1.81 bits per heavy atom. The molecule has 1 aromatic carbocycles. The molecular weight excluding hydrogens is 274 g/mol. The van der Waals surface area contributed by atoms with Crippen molar-refractivity contribution in [2.24, 2.45) is 11.7 Å². The normalized spacial score (nSPS) is 16.8. The molecule has 0 heterocycles. The molecule has 1 aromatic rings. The van der Waals surface area contributed by atoms with Crippen LogP contribution in [0.1, 0.15) is 12.8 Å². The Bertz CT molecular complexity index is 493. The summed E-state index contributed by atoms with van der Waals surface area (Å²) in [6, 6.07) is 5.30. The van der Waals surface area contributed by atoms with Crippen molar-refractivity contribution in [2.75, 3.05) is 27.9 Å². The molecule has 0 radical (unpaired) electrons. The average molecular weight is 295 g/mol. The number of para-hydroxylation sites is 1. The van der Waals surface area contributed by atoms with Crippen molar-refractivity contribution in [1.82, 2.24) is 0 Å². The van der Waals surface area contributed by atoms with Gasteiger partial charge in [0.05, 0.1) is 21.3 Å². The van der Waals surface area contributed by atoms with E-state index in [9.17, 15) is 4.79 Å². The predicted molar refractivity (Wildman–Crippen MR) is 76.7 cm³/mol. The van der Waals surface area contributed by atoms with E-state index in [2.05, 4.69) is 0 Å². The van der Waals surface area contributed by atoms with Gasteiger partial charge in [-0.1, -0.05) is 6.07 Å². The first-order chi connectivity index (χ1) is 10.1. The standard InChI is InChI=1S/C15H21NO5/c1-18-11-5-4-6-12(19-2)13(11)21-9-15(16,10-7-8-10)14(17)20-3/h4-6,10H,7-9,16H2,1-3H3. The fraction of sp³-hybridized carbons (Fsp3) is 0.533. The van der Waals surface area contributed by atoms with E-state index >= 15 is 0 Å². The molecule has 0 amide bonds. The van der Waals surface area contributed by atoms with Gasteiger partial charge in [0.25, 0.3) is 0 Å². The maximum Gasteiger partial charge on any atom is 0.329 e. The highest BCUT2D eigenvalue weighted by atomic mass is 16.5. The van der Waals surface area contributed by atoms with Crippen molar-refractivity contribution in [2.45, 2.75) is 18.4 Å². The van der Waals surface area contributed by atoms with Crippen LogP contribution in [0, 0.1) is 5.92 Å². The monoisotopic (exact) mass is 295 g/mol. The Morgan fingerprint density at radius 1 is 1.24 bits per heavy atom. The first-order valence-corrected chi connectivity index (χ1v) is 6.78. The van der Waals surface area contributed by atoms with E-state index in [-0.39, 0.29) is 12.5 Å². The highest BCUT2D eigenvalue weighted by Gasteiger charge is 2.50. The van der Waals surface area contributed by atoms with E-state index in [0.29, 0.717) is 17.2 Å². The van der Waals surface area contributed by atoms with Gasteiger partial charge < -0.3 is 24.7 Å². The van der Waals surface area contributed by atoms with E-state index in [1.54, 1.807) is 32.4 Å². The number of hydrogen-bond donors (Lipinski definition) is 1. The molecule has 1 atom stereocenters. The molecule has 2 rings (SSSR count). The quantitative estimate of drug-likeness (QED) is 0.765. The number of methoxy groups -OCH3 is 3. The lowest BCUT2D eigenvalue weighted by atomic mass is 9.96. The maximum absolute atomic E-state index is 12.0. The number of hydrogen-bond acceptors (Lipinski definition) is 6. The largest absolute Gasteiger partial charge is 0.493 e. The summed E-state index contributed by atoms with van der Waals surface area (Å²) in [7, 11) is 4.41. The second-order valence-corrected chi connectivity index (χ2v) is 5.09. The SMILES string of the molecule is COC(=O)C(N)(COc1c(OC)cccc1OC)C1CC1. The lowest BCUT2D eigenvalue weighted by Gasteiger charge is -2.27. The molecule has 1 saturated carbocycles. The topological polar surface area (TPSA) is 80.0 Å². The molecule has 6 heteroatoms. The third kappa shape index (κ3) is 3.05. The Labute approximate surface area is 124 Å². The van der Waals surface area contributed by atoms with Crippen LogP contribution in [0.4, 0.5) is 0 Å². The van der Waals surface area contributed by atoms with Crippen LogP contribution in [0.15, 0.2) is 18.2 Å². The van der Waals surface area contributed by atoms with Crippen molar-refractivity contribution < 1.29 is 23.7 Å². The molecule has 116 valence electrons. The molecule has 6 nitrogen and oxygen atoms in total. The number of carbonyl (C=O) groups is 1. The van der Waals surface area contributed by atoms with Crippen LogP contribution < -0.4 is 19.9 Å². The summed E-state index contributed by atoms with van der Waals surface area (Å²) in [5.41, 5.74) is 5.07. The highest BCUT2D eigenvalue weighted by molar-refractivity contribution is 5.81. The fourth-order valence-corrected chi connectivity index (χ4v) is 2.28. The summed E-state index contributed by atoms with van der Waals surface area (Å²) in [6.45, 7) is 0.0150. The highest BCUT2D eigenvalue weighted by Crippen LogP contribution is 2.41. The van der Waals surface area contributed by atoms with Gasteiger partial charge in [-0.25, -0.2) is 4.79 Å². The van der Waals surface area contributed by atoms with Crippen molar-refractivity contribution in [3.63, 3.8) is 0 Å². The fourth-order valence-electron chi connectivity index (χ4n) is 2.28. The molecule has 21 heavy (non-hydrogen) atoms. The van der Waals surface area contributed by atoms with Crippen molar-refractivity contribution in [3.05, 3.63) is 18.2 Å². The molecular formula is C15H21NO5. The van der Waals surface area contributed by atoms with Crippen LogP contribution in [0.3, 0.4) is 0 Å². The zero-order valence-electron chi connectivity index (χ0n) is 12.5. The molecule has 1 aliphatic carbocycles. The maximum atomic E-state index is 12.0. The zero-order valence-corrected chi connectivity index (χ0v) is 12.5. The van der Waals surface area contributed by atoms with E-state index in [1.807, 2.05) is 0 Å². The van der Waals surface area contributed by atoms with Gasteiger partial charge in [-0.2, -0.15) is 0 Å². The Morgan fingerprint density at radius 3 is 2.24 bits per heavy atom. The van der Waals surface area contributed by atoms with Gasteiger partial charge in [-0.3, -0.25) is 0 Å². The Hall–Kier alpha value is -1.95. The van der Waals surface area contributed by atoms with Crippen LogP contribution in [0.2, 0.25) is 0 Å². The molecule has 0 saturated heterocycles. The summed E-state index contributed by atoms with van der Waals surface area (Å²) in [5.74, 6) is 1.11. The minimum atomic E-state index is -1.14. The lowest BCUT2D eigenvalue weighted by Crippen LogP contribution is -2.55. The third-order valence-corrected chi connectivity index (χ3v) is 3.71. The van der Waals surface area contributed by atoms with Gasteiger partial charge in [0.15, 0.2) is 17.0 Å². The second kappa shape index (κ2) is 6.22. The van der Waals surface area contributed by atoms with E-state index in [4.69, 9.17) is 24.7 Å². The van der Waals surface area contributed by atoms with Gasteiger partial charge >= 0.3 is 5.97 Å². The van der Waals surface area contributed by atoms with Gasteiger partial charge in [-0.15, -0.1) is 0 Å². The van der Waals surface area contributed by atoms with Crippen LogP contribution in [0.5, 0.6) is 17.2 Å². The summed E-state index contributed by atoms with van der Waals surface area (Å²) in [6.07, 6.45) is 1.80. The minimum Gasteiger partial charge on any atom is -0.493 e. The number of esters is 1. The summed E-state index contributed by atoms with van der Waals surface area (Å²) < 4.78 is 21.1. The number of carbonyl (C=O) groups excluding carboxylic acids is 1. The number of rotatable bonds is 7. The number of benzene rings is 1. The van der Waals surface area contributed by atoms with Crippen molar-refractivity contribution in [1.29, 1.82) is 0 Å². The number of nitrogens with two attached hydrogens (primary N) is 1. The van der Waals surface area contributed by atoms with Crippen LogP contribution in [-0.4, -0.2) is 39.4 Å². The molecule has 2 N–H and O–H groups in total. The molecule has 1 aliphatic rings. The van der Waals surface area contributed by atoms with E-state index < -0.39 is 11.5 Å². The second-order valence-electron chi connectivity index (χ2n) is 5.09. The summed E-state index contributed by atoms with van der Waals surface area (Å²) in [4.78, 5) is 12.0. The third-order valence-electron chi connectivity index (χ3n) is 3.71.